The summed E-state index contributed by atoms with van der Waals surface area (Å²) >= 11 is 0. The van der Waals surface area contributed by atoms with E-state index in [-0.39, 0.29) is 6.61 Å². The molecule has 1 aromatic heterocycles. The minimum absolute atomic E-state index is 0.0278. The zero-order valence-electron chi connectivity index (χ0n) is 12.6. The van der Waals surface area contributed by atoms with Gasteiger partial charge in [0.15, 0.2) is 5.60 Å². The lowest BCUT2D eigenvalue weighted by Crippen LogP contribution is -2.53. The summed E-state index contributed by atoms with van der Waals surface area (Å²) < 4.78 is 7.10. The van der Waals surface area contributed by atoms with Gasteiger partial charge in [-0.25, -0.2) is 4.79 Å². The van der Waals surface area contributed by atoms with Crippen molar-refractivity contribution < 1.29 is 24.9 Å². The maximum absolute atomic E-state index is 12.1. The predicted octanol–water partition coefficient (Wildman–Crippen LogP) is 0.736. The van der Waals surface area contributed by atoms with Crippen molar-refractivity contribution in [1.29, 1.82) is 0 Å². The molecule has 0 unspecified atom stereocenters. The lowest BCUT2D eigenvalue weighted by atomic mass is 9.85. The van der Waals surface area contributed by atoms with Crippen LogP contribution >= 0.6 is 0 Å². The van der Waals surface area contributed by atoms with Gasteiger partial charge in [0, 0.05) is 18.3 Å². The molecule has 1 aromatic rings. The summed E-state index contributed by atoms with van der Waals surface area (Å²) in [6.45, 7) is 5.37. The predicted molar refractivity (Wildman–Crippen MR) is 75.3 cm³/mol. The van der Waals surface area contributed by atoms with E-state index in [9.17, 15) is 20.1 Å². The maximum atomic E-state index is 12.1. The summed E-state index contributed by atoms with van der Waals surface area (Å²) in [6.07, 6.45) is 0.725. The first-order valence-electron chi connectivity index (χ1n) is 7.22. The van der Waals surface area contributed by atoms with Gasteiger partial charge >= 0.3 is 5.97 Å². The third-order valence-corrected chi connectivity index (χ3v) is 4.26. The van der Waals surface area contributed by atoms with E-state index in [2.05, 4.69) is 0 Å². The number of hydrogen-bond donors (Lipinski definition) is 3. The van der Waals surface area contributed by atoms with Crippen molar-refractivity contribution >= 4 is 5.97 Å². The van der Waals surface area contributed by atoms with Gasteiger partial charge in [-0.3, -0.25) is 0 Å². The second-order valence-corrected chi connectivity index (χ2v) is 5.96. The van der Waals surface area contributed by atoms with Gasteiger partial charge in [-0.1, -0.05) is 13.8 Å². The molecule has 0 saturated carbocycles. The Labute approximate surface area is 124 Å². The molecule has 2 rings (SSSR count). The summed E-state index contributed by atoms with van der Waals surface area (Å²) in [5, 5.41) is 29.9. The number of carbonyl (C=O) groups excluding carboxylic acids is 1. The molecule has 0 fully saturated rings. The molecule has 2 heterocycles. The standard InChI is InChI=1S/C15H23NO5/c1-9(2)15(20,10(3)17)14(19)21-8-11-4-6-16-7-5-12(18)13(11)16/h4,6,9-10,12,17-18,20H,5,7-8H2,1-3H3/t10-,12+,15-/m0/s1. The van der Waals surface area contributed by atoms with E-state index in [0.717, 1.165) is 17.8 Å². The first-order chi connectivity index (χ1) is 9.78. The van der Waals surface area contributed by atoms with E-state index in [1.807, 2.05) is 10.8 Å². The quantitative estimate of drug-likeness (QED) is 0.697. The minimum atomic E-state index is -1.93. The van der Waals surface area contributed by atoms with Gasteiger partial charge in [0.05, 0.1) is 17.9 Å². The highest BCUT2D eigenvalue weighted by molar-refractivity contribution is 5.80. The largest absolute Gasteiger partial charge is 0.459 e. The Morgan fingerprint density at radius 3 is 2.76 bits per heavy atom. The van der Waals surface area contributed by atoms with Crippen LogP contribution in [-0.2, 0) is 22.7 Å². The molecule has 6 nitrogen and oxygen atoms in total. The van der Waals surface area contributed by atoms with Crippen LogP contribution in [0.3, 0.4) is 0 Å². The zero-order valence-corrected chi connectivity index (χ0v) is 12.6. The number of ether oxygens (including phenoxy) is 1. The smallest absolute Gasteiger partial charge is 0.341 e. The normalized spacial score (nSPS) is 22.0. The molecular formula is C15H23NO5. The van der Waals surface area contributed by atoms with Crippen LogP contribution in [0.2, 0.25) is 0 Å². The van der Waals surface area contributed by atoms with Gasteiger partial charge in [-0.05, 0) is 25.3 Å². The van der Waals surface area contributed by atoms with Crippen LogP contribution in [0.5, 0.6) is 0 Å². The van der Waals surface area contributed by atoms with Crippen molar-refractivity contribution in [1.82, 2.24) is 4.57 Å². The third-order valence-electron chi connectivity index (χ3n) is 4.26. The summed E-state index contributed by atoms with van der Waals surface area (Å²) in [4.78, 5) is 12.1. The van der Waals surface area contributed by atoms with Gasteiger partial charge in [-0.2, -0.15) is 0 Å². The number of aromatic nitrogens is 1. The Kier molecular flexibility index (Phi) is 4.41. The van der Waals surface area contributed by atoms with Gasteiger partial charge in [-0.15, -0.1) is 0 Å². The summed E-state index contributed by atoms with van der Waals surface area (Å²) in [7, 11) is 0. The Balaban J connectivity index is 2.08. The molecule has 118 valence electrons. The number of aliphatic hydroxyl groups is 3. The van der Waals surface area contributed by atoms with Crippen LogP contribution < -0.4 is 0 Å². The monoisotopic (exact) mass is 297 g/mol. The molecule has 0 amide bonds. The van der Waals surface area contributed by atoms with E-state index in [0.29, 0.717) is 6.42 Å². The van der Waals surface area contributed by atoms with Crippen molar-refractivity contribution in [2.75, 3.05) is 0 Å². The molecule has 3 atom stereocenters. The molecular weight excluding hydrogens is 274 g/mol. The van der Waals surface area contributed by atoms with Crippen molar-refractivity contribution in [3.8, 4) is 0 Å². The number of fused-ring (bicyclic) bond motifs is 1. The van der Waals surface area contributed by atoms with Gasteiger partial charge in [0.2, 0.25) is 0 Å². The lowest BCUT2D eigenvalue weighted by Gasteiger charge is -2.32. The maximum Gasteiger partial charge on any atom is 0.341 e. The number of carbonyl (C=O) groups is 1. The Hall–Kier alpha value is -1.37. The number of aliphatic hydroxyl groups excluding tert-OH is 2. The molecule has 0 bridgehead atoms. The van der Waals surface area contributed by atoms with Crippen LogP contribution in [0.1, 0.15) is 44.6 Å². The Bertz CT molecular complexity index is 512. The molecule has 0 spiro atoms. The fourth-order valence-corrected chi connectivity index (χ4v) is 2.80. The fraction of sp³-hybridized carbons (Fsp3) is 0.667. The molecule has 3 N–H and O–H groups in total. The van der Waals surface area contributed by atoms with Gasteiger partial charge < -0.3 is 24.6 Å². The van der Waals surface area contributed by atoms with Gasteiger partial charge in [0.1, 0.15) is 6.61 Å². The minimum Gasteiger partial charge on any atom is -0.459 e. The molecule has 0 saturated heterocycles. The van der Waals surface area contributed by atoms with E-state index in [1.54, 1.807) is 19.9 Å². The second kappa shape index (κ2) is 5.79. The summed E-state index contributed by atoms with van der Waals surface area (Å²) in [6, 6.07) is 1.79. The highest BCUT2D eigenvalue weighted by atomic mass is 16.6. The number of hydrogen-bond acceptors (Lipinski definition) is 5. The summed E-state index contributed by atoms with van der Waals surface area (Å²) in [5.74, 6) is -1.32. The van der Waals surface area contributed by atoms with E-state index >= 15 is 0 Å². The highest BCUT2D eigenvalue weighted by Crippen LogP contribution is 2.30. The van der Waals surface area contributed by atoms with Crippen LogP contribution in [0.25, 0.3) is 0 Å². The van der Waals surface area contributed by atoms with Crippen molar-refractivity contribution in [3.63, 3.8) is 0 Å². The Morgan fingerprint density at radius 1 is 1.52 bits per heavy atom. The average Bonchev–Trinajstić information content (AvgIpc) is 2.98. The average molecular weight is 297 g/mol. The molecule has 1 aliphatic rings. The zero-order chi connectivity index (χ0) is 15.8. The molecule has 0 aromatic carbocycles. The summed E-state index contributed by atoms with van der Waals surface area (Å²) in [5.41, 5.74) is -0.445. The first-order valence-corrected chi connectivity index (χ1v) is 7.22. The lowest BCUT2D eigenvalue weighted by molar-refractivity contribution is -0.186. The number of nitrogens with zero attached hydrogens (tertiary/aromatic N) is 1. The number of esters is 1. The third kappa shape index (κ3) is 2.71. The van der Waals surface area contributed by atoms with Crippen LogP contribution in [0.15, 0.2) is 12.3 Å². The molecule has 0 aliphatic carbocycles. The second-order valence-electron chi connectivity index (χ2n) is 5.96. The number of aryl methyl sites for hydroxylation is 1. The van der Waals surface area contributed by atoms with Crippen LogP contribution in [-0.4, -0.2) is 37.6 Å². The van der Waals surface area contributed by atoms with E-state index in [4.69, 9.17) is 4.74 Å². The Morgan fingerprint density at radius 2 is 2.19 bits per heavy atom. The SMILES string of the molecule is CC(C)[C@@](O)(C(=O)OCc1ccn2c1[C@H](O)CC2)[C@H](C)O. The topological polar surface area (TPSA) is 91.9 Å². The van der Waals surface area contributed by atoms with Crippen molar-refractivity contribution in [2.24, 2.45) is 5.92 Å². The molecule has 0 radical (unpaired) electrons. The van der Waals surface area contributed by atoms with Crippen molar-refractivity contribution in [2.45, 2.75) is 58.2 Å². The molecule has 1 aliphatic heterocycles. The fourth-order valence-electron chi connectivity index (χ4n) is 2.80. The van der Waals surface area contributed by atoms with E-state index < -0.39 is 29.7 Å². The van der Waals surface area contributed by atoms with Crippen LogP contribution in [0, 0.1) is 5.92 Å². The van der Waals surface area contributed by atoms with Crippen LogP contribution in [0.4, 0.5) is 0 Å². The van der Waals surface area contributed by atoms with E-state index in [1.165, 1.54) is 6.92 Å². The molecule has 6 heteroatoms. The van der Waals surface area contributed by atoms with Crippen molar-refractivity contribution in [3.05, 3.63) is 23.5 Å². The highest BCUT2D eigenvalue weighted by Gasteiger charge is 2.45. The first kappa shape index (κ1) is 16.0. The van der Waals surface area contributed by atoms with Gasteiger partial charge in [0.25, 0.3) is 0 Å². The number of rotatable bonds is 5. The molecule has 21 heavy (non-hydrogen) atoms.